The van der Waals surface area contributed by atoms with Crippen LogP contribution in [0.2, 0.25) is 0 Å². The Bertz CT molecular complexity index is 532. The van der Waals surface area contributed by atoms with E-state index in [4.69, 9.17) is 5.73 Å². The predicted molar refractivity (Wildman–Crippen MR) is 93.2 cm³/mol. The highest BCUT2D eigenvalue weighted by molar-refractivity contribution is 14.1. The number of benzene rings is 1. The van der Waals surface area contributed by atoms with E-state index in [1.807, 2.05) is 25.1 Å². The molecular formula is C17H23IN2O. The SMILES string of the molecule is Cc1c(I)cccc1C(=O)NC1C2CCCC1CC(N)C2. The molecule has 3 nitrogen and oxygen atoms in total. The first kappa shape index (κ1) is 15.3. The first-order chi connectivity index (χ1) is 10.1. The van der Waals surface area contributed by atoms with E-state index < -0.39 is 0 Å². The maximum absolute atomic E-state index is 12.7. The lowest BCUT2D eigenvalue weighted by atomic mass is 9.67. The van der Waals surface area contributed by atoms with Crippen LogP contribution in [-0.4, -0.2) is 18.0 Å². The van der Waals surface area contributed by atoms with Crippen molar-refractivity contribution in [3.63, 3.8) is 0 Å². The molecule has 2 aliphatic rings. The molecule has 2 fully saturated rings. The van der Waals surface area contributed by atoms with Crippen LogP contribution in [0.1, 0.15) is 48.0 Å². The minimum atomic E-state index is 0.0865. The van der Waals surface area contributed by atoms with Crippen molar-refractivity contribution in [3.8, 4) is 0 Å². The number of carbonyl (C=O) groups excluding carboxylic acids is 1. The van der Waals surface area contributed by atoms with Crippen LogP contribution in [0.5, 0.6) is 0 Å². The lowest BCUT2D eigenvalue weighted by Crippen LogP contribution is -2.53. The van der Waals surface area contributed by atoms with Gasteiger partial charge in [0, 0.05) is 21.2 Å². The Kier molecular flexibility index (Phi) is 4.54. The largest absolute Gasteiger partial charge is 0.349 e. The minimum absolute atomic E-state index is 0.0865. The number of rotatable bonds is 2. The Balaban J connectivity index is 1.77. The van der Waals surface area contributed by atoms with Crippen molar-refractivity contribution in [2.75, 3.05) is 0 Å². The predicted octanol–water partition coefficient (Wildman–Crippen LogP) is 3.24. The summed E-state index contributed by atoms with van der Waals surface area (Å²) >= 11 is 2.29. The maximum atomic E-state index is 12.7. The van der Waals surface area contributed by atoms with Gasteiger partial charge in [-0.25, -0.2) is 0 Å². The van der Waals surface area contributed by atoms with Crippen LogP contribution in [0.25, 0.3) is 0 Å². The minimum Gasteiger partial charge on any atom is -0.349 e. The Hall–Kier alpha value is -0.620. The number of carbonyl (C=O) groups is 1. The Labute approximate surface area is 140 Å². The summed E-state index contributed by atoms with van der Waals surface area (Å²) in [5.74, 6) is 1.22. The molecule has 0 spiro atoms. The number of hydrogen-bond acceptors (Lipinski definition) is 2. The molecule has 0 aliphatic heterocycles. The third kappa shape index (κ3) is 3.11. The molecule has 4 heteroatoms. The fourth-order valence-corrected chi connectivity index (χ4v) is 4.61. The molecule has 0 aromatic heterocycles. The topological polar surface area (TPSA) is 55.1 Å². The molecule has 21 heavy (non-hydrogen) atoms. The van der Waals surface area contributed by atoms with Gasteiger partial charge in [0.2, 0.25) is 0 Å². The number of nitrogens with one attached hydrogen (secondary N) is 1. The Morgan fingerprint density at radius 3 is 2.62 bits per heavy atom. The Morgan fingerprint density at radius 1 is 1.29 bits per heavy atom. The highest BCUT2D eigenvalue weighted by Gasteiger charge is 2.40. The van der Waals surface area contributed by atoms with Crippen molar-refractivity contribution >= 4 is 28.5 Å². The van der Waals surface area contributed by atoms with Gasteiger partial charge in [0.15, 0.2) is 0 Å². The average Bonchev–Trinajstić information content (AvgIpc) is 2.42. The molecular weight excluding hydrogens is 375 g/mol. The molecule has 3 rings (SSSR count). The second-order valence-electron chi connectivity index (χ2n) is 6.59. The van der Waals surface area contributed by atoms with Gasteiger partial charge in [-0.15, -0.1) is 0 Å². The van der Waals surface area contributed by atoms with Gasteiger partial charge < -0.3 is 11.1 Å². The fraction of sp³-hybridized carbons (Fsp3) is 0.588. The van der Waals surface area contributed by atoms with Gasteiger partial charge in [0.25, 0.3) is 5.91 Å². The van der Waals surface area contributed by atoms with Crippen LogP contribution in [0.3, 0.4) is 0 Å². The smallest absolute Gasteiger partial charge is 0.251 e. The third-order valence-electron chi connectivity index (χ3n) is 5.19. The zero-order chi connectivity index (χ0) is 15.0. The number of nitrogens with two attached hydrogens (primary N) is 1. The second kappa shape index (κ2) is 6.24. The summed E-state index contributed by atoms with van der Waals surface area (Å²) in [5.41, 5.74) is 8.05. The van der Waals surface area contributed by atoms with E-state index in [1.54, 1.807) is 0 Å². The average molecular weight is 398 g/mol. The zero-order valence-corrected chi connectivity index (χ0v) is 14.6. The lowest BCUT2D eigenvalue weighted by Gasteiger charge is -2.45. The van der Waals surface area contributed by atoms with Crippen molar-refractivity contribution in [1.82, 2.24) is 5.32 Å². The molecule has 2 unspecified atom stereocenters. The van der Waals surface area contributed by atoms with E-state index in [2.05, 4.69) is 27.9 Å². The number of amides is 1. The van der Waals surface area contributed by atoms with Crippen LogP contribution < -0.4 is 11.1 Å². The number of hydrogen-bond donors (Lipinski definition) is 2. The Morgan fingerprint density at radius 2 is 1.95 bits per heavy atom. The van der Waals surface area contributed by atoms with Crippen LogP contribution in [-0.2, 0) is 0 Å². The van der Waals surface area contributed by atoms with Crippen molar-refractivity contribution in [1.29, 1.82) is 0 Å². The molecule has 114 valence electrons. The molecule has 2 aliphatic carbocycles. The highest BCUT2D eigenvalue weighted by Crippen LogP contribution is 2.39. The highest BCUT2D eigenvalue weighted by atomic mass is 127. The van der Waals surface area contributed by atoms with E-state index in [9.17, 15) is 4.79 Å². The normalized spacial score (nSPS) is 31.8. The summed E-state index contributed by atoms with van der Waals surface area (Å²) in [5, 5.41) is 3.33. The summed E-state index contributed by atoms with van der Waals surface area (Å²) in [6, 6.07) is 6.58. The molecule has 2 atom stereocenters. The van der Waals surface area contributed by atoms with Gasteiger partial charge >= 0.3 is 0 Å². The van der Waals surface area contributed by atoms with Crippen molar-refractivity contribution in [3.05, 3.63) is 32.9 Å². The summed E-state index contributed by atoms with van der Waals surface area (Å²) in [6.07, 6.45) is 5.83. The fourth-order valence-electron chi connectivity index (χ4n) is 4.11. The van der Waals surface area contributed by atoms with E-state index in [-0.39, 0.29) is 5.91 Å². The molecule has 1 aromatic carbocycles. The molecule has 0 radical (unpaired) electrons. The molecule has 3 N–H and O–H groups in total. The van der Waals surface area contributed by atoms with Crippen molar-refractivity contribution in [2.45, 2.75) is 51.1 Å². The summed E-state index contributed by atoms with van der Waals surface area (Å²) in [4.78, 5) is 12.7. The molecule has 1 amide bonds. The van der Waals surface area contributed by atoms with Crippen molar-refractivity contribution < 1.29 is 4.79 Å². The van der Waals surface area contributed by atoms with Gasteiger partial charge in [-0.05, 0) is 84.7 Å². The van der Waals surface area contributed by atoms with Gasteiger partial charge in [0.1, 0.15) is 0 Å². The quantitative estimate of drug-likeness (QED) is 0.752. The van der Waals surface area contributed by atoms with E-state index >= 15 is 0 Å². The standard InChI is InChI=1S/C17H23IN2O/c1-10-14(6-3-7-15(10)18)17(21)20-16-11-4-2-5-12(16)9-13(19)8-11/h3,6-7,11-13,16H,2,4-5,8-9,19H2,1H3,(H,20,21). The molecule has 0 saturated heterocycles. The van der Waals surface area contributed by atoms with E-state index in [1.165, 1.54) is 19.3 Å². The summed E-state index contributed by atoms with van der Waals surface area (Å²) in [6.45, 7) is 2.02. The van der Waals surface area contributed by atoms with Crippen LogP contribution in [0, 0.1) is 22.3 Å². The first-order valence-electron chi connectivity index (χ1n) is 7.88. The van der Waals surface area contributed by atoms with E-state index in [0.717, 1.165) is 27.5 Å². The number of halogens is 1. The van der Waals surface area contributed by atoms with Gasteiger partial charge in [0.05, 0.1) is 0 Å². The van der Waals surface area contributed by atoms with Crippen molar-refractivity contribution in [2.24, 2.45) is 17.6 Å². The molecule has 0 heterocycles. The summed E-state index contributed by atoms with van der Waals surface area (Å²) in [7, 11) is 0. The molecule has 2 saturated carbocycles. The molecule has 2 bridgehead atoms. The van der Waals surface area contributed by atoms with Gasteiger partial charge in [-0.3, -0.25) is 4.79 Å². The molecule has 1 aromatic rings. The maximum Gasteiger partial charge on any atom is 0.251 e. The van der Waals surface area contributed by atoms with Crippen LogP contribution >= 0.6 is 22.6 Å². The lowest BCUT2D eigenvalue weighted by molar-refractivity contribution is 0.0755. The van der Waals surface area contributed by atoms with E-state index in [0.29, 0.717) is 23.9 Å². The zero-order valence-electron chi connectivity index (χ0n) is 12.4. The van der Waals surface area contributed by atoms with Crippen LogP contribution in [0.15, 0.2) is 18.2 Å². The summed E-state index contributed by atoms with van der Waals surface area (Å²) < 4.78 is 1.14. The first-order valence-corrected chi connectivity index (χ1v) is 8.95. The third-order valence-corrected chi connectivity index (χ3v) is 6.36. The number of fused-ring (bicyclic) bond motifs is 2. The monoisotopic (exact) mass is 398 g/mol. The van der Waals surface area contributed by atoms with Crippen LogP contribution in [0.4, 0.5) is 0 Å². The second-order valence-corrected chi connectivity index (χ2v) is 7.76. The van der Waals surface area contributed by atoms with Gasteiger partial charge in [-0.1, -0.05) is 12.5 Å². The van der Waals surface area contributed by atoms with Gasteiger partial charge in [-0.2, -0.15) is 0 Å².